The number of hydrogen-bond acceptors (Lipinski definition) is 21. The van der Waals surface area contributed by atoms with E-state index < -0.39 is 17.3 Å². The molecule has 2 amide bonds. The fraction of sp³-hybridized carbons (Fsp3) is 0.385. The van der Waals surface area contributed by atoms with E-state index in [4.69, 9.17) is 102 Å². The average molecular weight is 1330 g/mol. The van der Waals surface area contributed by atoms with Crippen molar-refractivity contribution >= 4 is 163 Å². The minimum atomic E-state index is -0.523. The predicted molar refractivity (Wildman–Crippen MR) is 339 cm³/mol. The van der Waals surface area contributed by atoms with Crippen molar-refractivity contribution in [1.29, 1.82) is 0 Å². The lowest BCUT2D eigenvalue weighted by Gasteiger charge is -2.40. The van der Waals surface area contributed by atoms with Crippen LogP contribution in [0, 0.1) is 0 Å². The van der Waals surface area contributed by atoms with Crippen LogP contribution in [0.5, 0.6) is 0 Å². The van der Waals surface area contributed by atoms with Crippen LogP contribution >= 0.6 is 110 Å². The van der Waals surface area contributed by atoms with Crippen LogP contribution in [0.2, 0.25) is 25.4 Å². The number of hydrogen-bond donors (Lipinski definition) is 10. The van der Waals surface area contributed by atoms with E-state index in [1.54, 1.807) is 54.7 Å². The van der Waals surface area contributed by atoms with Gasteiger partial charge in [0.15, 0.2) is 17.5 Å². The molecule has 15 N–H and O–H groups in total. The zero-order chi connectivity index (χ0) is 60.5. The number of nitrogens with two attached hydrogens (primary N) is 6. The third-order valence-corrected chi connectivity index (χ3v) is 15.8. The molecule has 0 radical (unpaired) electrons. The Labute approximate surface area is 520 Å². The Hall–Kier alpha value is -5.02. The molecule has 81 heavy (non-hydrogen) atoms. The highest BCUT2D eigenvalue weighted by Crippen LogP contribution is 2.38. The van der Waals surface area contributed by atoms with E-state index in [1.165, 1.54) is 35.9 Å². The van der Waals surface area contributed by atoms with Gasteiger partial charge in [-0.1, -0.05) is 81.5 Å². The maximum Gasteiger partial charge on any atom is 0.408 e. The molecular formula is C52H68BrCl5N16O4S3. The topological polar surface area (TPSA) is 325 Å². The highest BCUT2D eigenvalue weighted by atomic mass is 79.9. The van der Waals surface area contributed by atoms with E-state index >= 15 is 0 Å². The smallest absolute Gasteiger partial charge is 0.408 e. The predicted octanol–water partition coefficient (Wildman–Crippen LogP) is 12.8. The number of thiol groups is 1. The molecule has 3 aromatic heterocycles. The van der Waals surface area contributed by atoms with Crippen molar-refractivity contribution in [2.24, 2.45) is 0 Å². The molecule has 2 fully saturated rings. The van der Waals surface area contributed by atoms with E-state index in [0.29, 0.717) is 69.4 Å². The Morgan fingerprint density at radius 2 is 1.02 bits per heavy atom. The molecule has 20 nitrogen and oxygen atoms in total. The summed E-state index contributed by atoms with van der Waals surface area (Å²) in [6.07, 6.45) is 7.28. The normalized spacial score (nSPS) is 14.3. The van der Waals surface area contributed by atoms with Gasteiger partial charge in [-0.2, -0.15) is 0 Å². The van der Waals surface area contributed by atoms with Crippen LogP contribution in [-0.4, -0.2) is 90.5 Å². The zero-order valence-corrected chi connectivity index (χ0v) is 53.7. The summed E-state index contributed by atoms with van der Waals surface area (Å²) in [5.41, 5.74) is 34.4. The monoisotopic (exact) mass is 1330 g/mol. The van der Waals surface area contributed by atoms with Gasteiger partial charge >= 0.3 is 12.2 Å². The highest BCUT2D eigenvalue weighted by Gasteiger charge is 2.34. The molecule has 2 aliphatic rings. The summed E-state index contributed by atoms with van der Waals surface area (Å²) in [7, 11) is 0. The number of alkyl carbamates (subject to hydrolysis) is 2. The molecule has 2 aliphatic heterocycles. The molecule has 2 saturated heterocycles. The van der Waals surface area contributed by atoms with Crippen LogP contribution in [-0.2, 0) is 9.47 Å². The zero-order valence-electron chi connectivity index (χ0n) is 45.8. The third kappa shape index (κ3) is 24.8. The number of anilines is 7. The number of nitrogens with one attached hydrogen (secondary N) is 3. The number of ether oxygens (including phenoxy) is 2. The van der Waals surface area contributed by atoms with Crippen LogP contribution in [0.15, 0.2) is 103 Å². The Morgan fingerprint density at radius 1 is 0.617 bits per heavy atom. The Bertz CT molecular complexity index is 2980. The number of halogens is 6. The number of nitrogen functional groups attached to an aromatic ring is 6. The molecule has 3 aromatic carbocycles. The molecule has 29 heteroatoms. The molecular weight excluding hydrogens is 1270 g/mol. The van der Waals surface area contributed by atoms with E-state index in [2.05, 4.69) is 86.2 Å². The van der Waals surface area contributed by atoms with Gasteiger partial charge < -0.3 is 64.7 Å². The van der Waals surface area contributed by atoms with Gasteiger partial charge in [0, 0.05) is 55.9 Å². The molecule has 0 bridgehead atoms. The summed E-state index contributed by atoms with van der Waals surface area (Å²) in [5, 5.41) is 12.6. The van der Waals surface area contributed by atoms with Crippen molar-refractivity contribution in [3.05, 3.63) is 103 Å². The van der Waals surface area contributed by atoms with Gasteiger partial charge in [-0.15, -0.1) is 12.6 Å². The van der Waals surface area contributed by atoms with Crippen molar-refractivity contribution in [2.45, 2.75) is 128 Å². The van der Waals surface area contributed by atoms with Gasteiger partial charge in [-0.25, -0.2) is 39.5 Å². The van der Waals surface area contributed by atoms with E-state index in [0.717, 1.165) is 66.5 Å². The lowest BCUT2D eigenvalue weighted by Crippen LogP contribution is -2.54. The first-order valence-electron chi connectivity index (χ1n) is 24.7. The van der Waals surface area contributed by atoms with Gasteiger partial charge in [0.1, 0.15) is 42.0 Å². The van der Waals surface area contributed by atoms with Crippen molar-refractivity contribution < 1.29 is 19.1 Å². The van der Waals surface area contributed by atoms with E-state index in [-0.39, 0.29) is 28.1 Å². The molecule has 0 spiro atoms. The van der Waals surface area contributed by atoms with Crippen LogP contribution in [0.4, 0.5) is 49.9 Å². The molecule has 6 aromatic rings. The fourth-order valence-corrected chi connectivity index (χ4v) is 9.84. The van der Waals surface area contributed by atoms with Gasteiger partial charge in [-0.05, 0) is 165 Å². The standard InChI is InChI=1S/C21H29ClN6O2S.C11H22N2O2.C10H8Cl2N4S.C6H6ClNS.C4H3BrClN3/c1-20(2,3)30-19(29)27-21(4)7-9-28(10-8-21)16-12-25-18(17(24)26-16)31-15-6-5-13(23)11-14(15)22;1-10(2,3)15-9(14)13-11(4)5-7-12-8-6-11;11-6-3-5(13)1-2-7(6)17-10-9(14)16-8(12)4-15-10;7-5-3-4(8)1-2-6(5)9;5-3-4(7)9-2(6)1-8-3/h5-6,11-12H,7-10,23H2,1-4H3,(H2,24,26)(H,27,29);12H,5-8H2,1-4H3,(H,13,14);1-4H,13H2,(H2,14,16);1-3,9H,8H2;1H,(H2,7,9). The summed E-state index contributed by atoms with van der Waals surface area (Å²) in [5.74, 6) is 1.64. The van der Waals surface area contributed by atoms with Gasteiger partial charge in [0.2, 0.25) is 0 Å². The summed E-state index contributed by atoms with van der Waals surface area (Å²) in [6.45, 7) is 18.6. The van der Waals surface area contributed by atoms with Crippen LogP contribution < -0.4 is 55.3 Å². The van der Waals surface area contributed by atoms with Crippen molar-refractivity contribution in [3.63, 3.8) is 0 Å². The number of rotatable bonds is 7. The summed E-state index contributed by atoms with van der Waals surface area (Å²) >= 11 is 38.9. The van der Waals surface area contributed by atoms with Crippen LogP contribution in [0.25, 0.3) is 0 Å². The number of amides is 2. The summed E-state index contributed by atoms with van der Waals surface area (Å²) in [6, 6.07) is 15.7. The second-order valence-electron chi connectivity index (χ2n) is 20.6. The maximum absolute atomic E-state index is 12.2. The minimum absolute atomic E-state index is 0.117. The number of piperidine rings is 2. The van der Waals surface area contributed by atoms with Crippen LogP contribution in [0.1, 0.15) is 81.1 Å². The quantitative estimate of drug-likeness (QED) is 0.0524. The number of carbonyl (C=O) groups excluding carboxylic acids is 2. The van der Waals surface area contributed by atoms with Gasteiger partial charge in [0.05, 0.1) is 33.7 Å². The fourth-order valence-electron chi connectivity index (χ4n) is 6.92. The molecule has 0 atom stereocenters. The largest absolute Gasteiger partial charge is 0.444 e. The minimum Gasteiger partial charge on any atom is -0.444 e. The summed E-state index contributed by atoms with van der Waals surface area (Å²) < 4.78 is 11.1. The third-order valence-electron chi connectivity index (χ3n) is 11.0. The SMILES string of the molecule is CC1(NC(=O)OC(C)(C)C)CCN(c2cnc(Sc3ccc(N)cc3Cl)c(N)n2)CC1.CC1(NC(=O)OC(C)(C)C)CCNCC1.Nc1ccc(S)c(Cl)c1.Nc1ccc(Sc2ncc(Cl)nc2N)c(Cl)c1.Nc1nc(Cl)cnc1Br. The first-order valence-corrected chi connectivity index (χ1v) is 29.5. The Balaban J connectivity index is 0.000000238. The molecule has 5 heterocycles. The average Bonchev–Trinajstić information content (AvgIpc) is 3.35. The molecule has 8 rings (SSSR count). The number of carbonyl (C=O) groups is 2. The second kappa shape index (κ2) is 31.0. The Morgan fingerprint density at radius 3 is 1.42 bits per heavy atom. The molecule has 440 valence electrons. The number of aromatic nitrogens is 6. The van der Waals surface area contributed by atoms with Crippen molar-refractivity contribution in [2.75, 3.05) is 65.5 Å². The van der Waals surface area contributed by atoms with Crippen molar-refractivity contribution in [1.82, 2.24) is 45.9 Å². The van der Waals surface area contributed by atoms with Crippen molar-refractivity contribution in [3.8, 4) is 0 Å². The first-order chi connectivity index (χ1) is 37.7. The second-order valence-corrected chi connectivity index (χ2v) is 25.9. The molecule has 0 unspecified atom stereocenters. The lowest BCUT2D eigenvalue weighted by atomic mass is 9.90. The molecule has 0 saturated carbocycles. The van der Waals surface area contributed by atoms with Gasteiger partial charge in [-0.3, -0.25) is 0 Å². The lowest BCUT2D eigenvalue weighted by molar-refractivity contribution is 0.0433. The first kappa shape index (κ1) is 68.5. The summed E-state index contributed by atoms with van der Waals surface area (Å²) in [4.78, 5) is 52.7. The van der Waals surface area contributed by atoms with E-state index in [1.807, 2.05) is 54.5 Å². The highest BCUT2D eigenvalue weighted by molar-refractivity contribution is 9.10. The van der Waals surface area contributed by atoms with Crippen LogP contribution in [0.3, 0.4) is 0 Å². The Kier molecular flexibility index (Phi) is 26.2. The van der Waals surface area contributed by atoms with Gasteiger partial charge in [0.25, 0.3) is 0 Å². The number of benzene rings is 3. The maximum atomic E-state index is 12.2. The van der Waals surface area contributed by atoms with E-state index in [9.17, 15) is 9.59 Å². The number of nitrogens with zero attached hydrogens (tertiary/aromatic N) is 7. The molecule has 0 aliphatic carbocycles.